The number of nitrogens with two attached hydrogens (primary N) is 1. The average molecular weight is 255 g/mol. The monoisotopic (exact) mass is 255 g/mol. The van der Waals surface area contributed by atoms with Crippen LogP contribution in [0.1, 0.15) is 10.6 Å². The molecule has 0 unspecified atom stereocenters. The van der Waals surface area contributed by atoms with Crippen LogP contribution < -0.4 is 5.73 Å². The highest BCUT2D eigenvalue weighted by Crippen LogP contribution is 2.27. The van der Waals surface area contributed by atoms with Crippen molar-refractivity contribution in [3.05, 3.63) is 34.6 Å². The van der Waals surface area contributed by atoms with E-state index in [9.17, 15) is 4.39 Å². The third-order valence-corrected chi connectivity index (χ3v) is 3.98. The van der Waals surface area contributed by atoms with Crippen LogP contribution in [-0.4, -0.2) is 10.2 Å². The van der Waals surface area contributed by atoms with Crippen LogP contribution in [0.3, 0.4) is 0 Å². The van der Waals surface area contributed by atoms with Gasteiger partial charge in [0.2, 0.25) is 0 Å². The van der Waals surface area contributed by atoms with Gasteiger partial charge in [0, 0.05) is 11.4 Å². The molecule has 6 heteroatoms. The minimum Gasteiger partial charge on any atom is -0.398 e. The Hall–Kier alpha value is -1.14. The zero-order chi connectivity index (χ0) is 11.5. The van der Waals surface area contributed by atoms with Crippen molar-refractivity contribution in [2.24, 2.45) is 0 Å². The van der Waals surface area contributed by atoms with E-state index in [1.165, 1.54) is 35.2 Å². The Labute approximate surface area is 101 Å². The molecule has 0 radical (unpaired) electrons. The number of anilines is 1. The second-order valence-corrected chi connectivity index (χ2v) is 5.62. The van der Waals surface area contributed by atoms with E-state index in [1.54, 1.807) is 6.07 Å². The summed E-state index contributed by atoms with van der Waals surface area (Å²) in [5, 5.41) is 8.82. The molecule has 0 atom stereocenters. The molecule has 1 aromatic carbocycles. The molecular formula is C10H10FN3S2. The molecular weight excluding hydrogens is 245 g/mol. The first-order valence-electron chi connectivity index (χ1n) is 4.62. The van der Waals surface area contributed by atoms with E-state index in [4.69, 9.17) is 5.73 Å². The summed E-state index contributed by atoms with van der Waals surface area (Å²) in [7, 11) is 0. The van der Waals surface area contributed by atoms with Gasteiger partial charge in [-0.25, -0.2) is 4.39 Å². The Bertz CT molecular complexity index is 499. The number of hydrogen-bond donors (Lipinski definition) is 1. The third kappa shape index (κ3) is 2.70. The summed E-state index contributed by atoms with van der Waals surface area (Å²) in [4.78, 5) is 0. The Morgan fingerprint density at radius 3 is 2.94 bits per heavy atom. The van der Waals surface area contributed by atoms with Crippen LogP contribution in [0.5, 0.6) is 0 Å². The molecule has 1 aromatic heterocycles. The first kappa shape index (κ1) is 11.3. The first-order chi connectivity index (χ1) is 7.65. The lowest BCUT2D eigenvalue weighted by Gasteiger charge is -2.03. The molecule has 3 nitrogen and oxygen atoms in total. The van der Waals surface area contributed by atoms with Gasteiger partial charge in [-0.15, -0.1) is 10.2 Å². The number of thioether (sulfide) groups is 1. The Kier molecular flexibility index (Phi) is 3.40. The highest BCUT2D eigenvalue weighted by molar-refractivity contribution is 8.00. The van der Waals surface area contributed by atoms with Crippen molar-refractivity contribution in [2.75, 3.05) is 5.73 Å². The SMILES string of the molecule is Cc1nnc(SCc2cc(F)ccc2N)s1. The molecule has 0 aliphatic rings. The first-order valence-corrected chi connectivity index (χ1v) is 6.42. The van der Waals surface area contributed by atoms with Crippen LogP contribution in [0.25, 0.3) is 0 Å². The summed E-state index contributed by atoms with van der Waals surface area (Å²) in [5.41, 5.74) is 7.14. The van der Waals surface area contributed by atoms with Crippen molar-refractivity contribution in [1.29, 1.82) is 0 Å². The number of nitrogens with zero attached hydrogens (tertiary/aromatic N) is 2. The fraction of sp³-hybridized carbons (Fsp3) is 0.200. The normalized spacial score (nSPS) is 10.6. The molecule has 0 spiro atoms. The average Bonchev–Trinajstić information content (AvgIpc) is 2.66. The fourth-order valence-electron chi connectivity index (χ4n) is 1.18. The number of hydrogen-bond acceptors (Lipinski definition) is 5. The van der Waals surface area contributed by atoms with Gasteiger partial charge in [-0.2, -0.15) is 0 Å². The summed E-state index contributed by atoms with van der Waals surface area (Å²) in [6.07, 6.45) is 0. The van der Waals surface area contributed by atoms with E-state index in [-0.39, 0.29) is 5.82 Å². The Morgan fingerprint density at radius 2 is 2.25 bits per heavy atom. The summed E-state index contributed by atoms with van der Waals surface area (Å²) in [6, 6.07) is 4.39. The van der Waals surface area contributed by atoms with Gasteiger partial charge in [-0.05, 0) is 30.7 Å². The molecule has 2 aromatic rings. The van der Waals surface area contributed by atoms with E-state index in [2.05, 4.69) is 10.2 Å². The smallest absolute Gasteiger partial charge is 0.174 e. The molecule has 0 aliphatic carbocycles. The van der Waals surface area contributed by atoms with E-state index < -0.39 is 0 Å². The van der Waals surface area contributed by atoms with Crippen molar-refractivity contribution in [3.63, 3.8) is 0 Å². The summed E-state index contributed by atoms with van der Waals surface area (Å²) >= 11 is 3.04. The van der Waals surface area contributed by atoms with Crippen LogP contribution in [0, 0.1) is 12.7 Å². The second-order valence-electron chi connectivity index (χ2n) is 3.22. The topological polar surface area (TPSA) is 51.8 Å². The number of benzene rings is 1. The van der Waals surface area contributed by atoms with Crippen molar-refractivity contribution in [1.82, 2.24) is 10.2 Å². The van der Waals surface area contributed by atoms with Crippen LogP contribution in [0.4, 0.5) is 10.1 Å². The number of aryl methyl sites for hydroxylation is 1. The highest BCUT2D eigenvalue weighted by atomic mass is 32.2. The van der Waals surface area contributed by atoms with Crippen LogP contribution in [-0.2, 0) is 5.75 Å². The molecule has 84 valence electrons. The molecule has 0 amide bonds. The van der Waals surface area contributed by atoms with Gasteiger partial charge in [-0.3, -0.25) is 0 Å². The van der Waals surface area contributed by atoms with Crippen molar-refractivity contribution >= 4 is 28.8 Å². The van der Waals surface area contributed by atoms with Gasteiger partial charge in [0.15, 0.2) is 4.34 Å². The lowest BCUT2D eigenvalue weighted by molar-refractivity contribution is 0.627. The second kappa shape index (κ2) is 4.80. The van der Waals surface area contributed by atoms with Gasteiger partial charge in [0.1, 0.15) is 10.8 Å². The molecule has 2 rings (SSSR count). The summed E-state index contributed by atoms with van der Waals surface area (Å²) in [6.45, 7) is 1.90. The lowest BCUT2D eigenvalue weighted by atomic mass is 10.2. The molecule has 2 N–H and O–H groups in total. The Balaban J connectivity index is 2.07. The predicted molar refractivity (Wildman–Crippen MR) is 65.0 cm³/mol. The minimum atomic E-state index is -0.266. The van der Waals surface area contributed by atoms with Crippen molar-refractivity contribution in [3.8, 4) is 0 Å². The molecule has 0 fully saturated rings. The quantitative estimate of drug-likeness (QED) is 0.677. The maximum absolute atomic E-state index is 13.0. The van der Waals surface area contributed by atoms with E-state index in [1.807, 2.05) is 6.92 Å². The maximum Gasteiger partial charge on any atom is 0.174 e. The maximum atomic E-state index is 13.0. The van der Waals surface area contributed by atoms with Gasteiger partial charge in [0.05, 0.1) is 0 Å². The van der Waals surface area contributed by atoms with Gasteiger partial charge in [0.25, 0.3) is 0 Å². The van der Waals surface area contributed by atoms with Gasteiger partial charge in [-0.1, -0.05) is 23.1 Å². The Morgan fingerprint density at radius 1 is 1.44 bits per heavy atom. The molecule has 1 heterocycles. The van der Waals surface area contributed by atoms with Crippen LogP contribution in [0.15, 0.2) is 22.5 Å². The molecule has 16 heavy (non-hydrogen) atoms. The molecule has 0 saturated carbocycles. The largest absolute Gasteiger partial charge is 0.398 e. The predicted octanol–water partition coefficient (Wildman–Crippen LogP) is 2.86. The zero-order valence-electron chi connectivity index (χ0n) is 8.61. The summed E-state index contributed by atoms with van der Waals surface area (Å²) in [5.74, 6) is 0.344. The molecule has 0 bridgehead atoms. The van der Waals surface area contributed by atoms with Crippen molar-refractivity contribution in [2.45, 2.75) is 17.0 Å². The number of halogens is 1. The van der Waals surface area contributed by atoms with E-state index in [0.29, 0.717) is 11.4 Å². The highest BCUT2D eigenvalue weighted by Gasteiger charge is 2.05. The van der Waals surface area contributed by atoms with E-state index >= 15 is 0 Å². The third-order valence-electron chi connectivity index (χ3n) is 1.96. The van der Waals surface area contributed by atoms with E-state index in [0.717, 1.165) is 14.9 Å². The van der Waals surface area contributed by atoms with Gasteiger partial charge < -0.3 is 5.73 Å². The zero-order valence-corrected chi connectivity index (χ0v) is 10.2. The van der Waals surface area contributed by atoms with Crippen LogP contribution >= 0.6 is 23.1 Å². The summed E-state index contributed by atoms with van der Waals surface area (Å²) < 4.78 is 13.9. The fourth-order valence-corrected chi connectivity index (χ4v) is 2.99. The van der Waals surface area contributed by atoms with Gasteiger partial charge >= 0.3 is 0 Å². The standard InChI is InChI=1S/C10H10FN3S2/c1-6-13-14-10(16-6)15-5-7-4-8(11)2-3-9(7)12/h2-4H,5,12H2,1H3. The number of nitrogen functional groups attached to an aromatic ring is 1. The lowest BCUT2D eigenvalue weighted by Crippen LogP contribution is -1.93. The number of rotatable bonds is 3. The molecule has 0 aliphatic heterocycles. The van der Waals surface area contributed by atoms with Crippen LogP contribution in [0.2, 0.25) is 0 Å². The molecule has 0 saturated heterocycles. The van der Waals surface area contributed by atoms with Crippen molar-refractivity contribution < 1.29 is 4.39 Å². The minimum absolute atomic E-state index is 0.266. The number of aromatic nitrogens is 2.